The molecule has 0 amide bonds. The summed E-state index contributed by atoms with van der Waals surface area (Å²) in [5.41, 5.74) is 2.87. The number of H-pyrrole nitrogens is 1. The molecule has 3 aromatic rings. The predicted octanol–water partition coefficient (Wildman–Crippen LogP) is 5.27. The molecule has 0 bridgehead atoms. The van der Waals surface area contributed by atoms with Gasteiger partial charge in [0.15, 0.2) is 0 Å². The highest BCUT2D eigenvalue weighted by atomic mass is 35.5. The molecule has 2 heterocycles. The fourth-order valence-corrected chi connectivity index (χ4v) is 3.83. The van der Waals surface area contributed by atoms with Crippen molar-refractivity contribution in [3.8, 4) is 11.3 Å². The first kappa shape index (κ1) is 15.5. The van der Waals surface area contributed by atoms with Crippen LogP contribution >= 0.6 is 11.6 Å². The molecule has 1 fully saturated rings. The van der Waals surface area contributed by atoms with E-state index in [0.717, 1.165) is 28.1 Å². The second-order valence-electron chi connectivity index (χ2n) is 6.75. The van der Waals surface area contributed by atoms with Crippen molar-refractivity contribution in [2.75, 3.05) is 5.32 Å². The van der Waals surface area contributed by atoms with Gasteiger partial charge in [-0.25, -0.2) is 9.97 Å². The van der Waals surface area contributed by atoms with Crippen molar-refractivity contribution in [1.82, 2.24) is 15.0 Å². The van der Waals surface area contributed by atoms with Crippen molar-refractivity contribution in [2.24, 2.45) is 5.92 Å². The molecule has 0 radical (unpaired) electrons. The fraction of sp³-hybridized carbons (Fsp3) is 0.368. The number of para-hydroxylation sites is 1. The number of fused-ring (bicyclic) bond motifs is 1. The zero-order valence-corrected chi connectivity index (χ0v) is 14.5. The maximum absolute atomic E-state index is 6.39. The van der Waals surface area contributed by atoms with E-state index in [0.29, 0.717) is 17.0 Å². The van der Waals surface area contributed by atoms with E-state index in [-0.39, 0.29) is 0 Å². The average molecular weight is 341 g/mol. The summed E-state index contributed by atoms with van der Waals surface area (Å²) in [6, 6.07) is 8.62. The summed E-state index contributed by atoms with van der Waals surface area (Å²) in [6.45, 7) is 2.31. The molecule has 1 saturated carbocycles. The van der Waals surface area contributed by atoms with E-state index < -0.39 is 0 Å². The lowest BCUT2D eigenvalue weighted by Gasteiger charge is -2.27. The van der Waals surface area contributed by atoms with Gasteiger partial charge in [0.25, 0.3) is 0 Å². The van der Waals surface area contributed by atoms with Crippen LogP contribution in [-0.2, 0) is 0 Å². The van der Waals surface area contributed by atoms with E-state index in [9.17, 15) is 0 Å². The van der Waals surface area contributed by atoms with Crippen LogP contribution < -0.4 is 5.32 Å². The molecule has 0 aliphatic heterocycles. The summed E-state index contributed by atoms with van der Waals surface area (Å²) in [6.07, 6.45) is 8.60. The van der Waals surface area contributed by atoms with Crippen LogP contribution in [0.5, 0.6) is 0 Å². The third-order valence-corrected chi connectivity index (χ3v) is 5.13. The molecule has 1 aliphatic rings. The van der Waals surface area contributed by atoms with Gasteiger partial charge in [-0.05, 0) is 24.8 Å². The number of benzene rings is 1. The first-order valence-electron chi connectivity index (χ1n) is 8.56. The minimum atomic E-state index is 0.450. The van der Waals surface area contributed by atoms with E-state index in [2.05, 4.69) is 34.3 Å². The molecule has 24 heavy (non-hydrogen) atoms. The number of aromatic nitrogens is 3. The van der Waals surface area contributed by atoms with Crippen molar-refractivity contribution in [1.29, 1.82) is 0 Å². The van der Waals surface area contributed by atoms with Gasteiger partial charge in [0.2, 0.25) is 5.95 Å². The molecule has 5 heteroatoms. The number of halogens is 1. The van der Waals surface area contributed by atoms with Crippen LogP contribution in [0.3, 0.4) is 0 Å². The quantitative estimate of drug-likeness (QED) is 0.683. The van der Waals surface area contributed by atoms with Crippen LogP contribution in [0.25, 0.3) is 22.2 Å². The molecule has 2 atom stereocenters. The lowest BCUT2D eigenvalue weighted by Crippen LogP contribution is -2.27. The van der Waals surface area contributed by atoms with Crippen molar-refractivity contribution in [3.63, 3.8) is 0 Å². The van der Waals surface area contributed by atoms with Gasteiger partial charge in [-0.15, -0.1) is 0 Å². The van der Waals surface area contributed by atoms with E-state index in [4.69, 9.17) is 16.6 Å². The standard InChI is InChI=1S/C19H21ClN4/c1-12-5-4-6-13(9-12)23-19-22-11-16(20)18(24-19)15-10-21-17-8-3-2-7-14(15)17/h2-3,7-8,10-13,21H,4-6,9H2,1H3,(H,22,23,24)/t12-,13-/m1/s1. The Kier molecular flexibility index (Phi) is 4.15. The highest BCUT2D eigenvalue weighted by Crippen LogP contribution is 2.33. The van der Waals surface area contributed by atoms with Crippen molar-refractivity contribution in [2.45, 2.75) is 38.6 Å². The Hall–Kier alpha value is -2.07. The van der Waals surface area contributed by atoms with Gasteiger partial charge in [0.1, 0.15) is 0 Å². The van der Waals surface area contributed by atoms with Crippen LogP contribution in [0.2, 0.25) is 5.02 Å². The lowest BCUT2D eigenvalue weighted by atomic mass is 9.87. The molecular formula is C19H21ClN4. The third-order valence-electron chi connectivity index (χ3n) is 4.86. The molecule has 4 nitrogen and oxygen atoms in total. The largest absolute Gasteiger partial charge is 0.360 e. The Morgan fingerprint density at radius 1 is 1.25 bits per heavy atom. The molecule has 2 N–H and O–H groups in total. The van der Waals surface area contributed by atoms with Crippen LogP contribution in [0.1, 0.15) is 32.6 Å². The number of nitrogens with one attached hydrogen (secondary N) is 2. The molecule has 2 aromatic heterocycles. The molecule has 1 aliphatic carbocycles. The summed E-state index contributed by atoms with van der Waals surface area (Å²) >= 11 is 6.39. The minimum Gasteiger partial charge on any atom is -0.360 e. The van der Waals surface area contributed by atoms with E-state index in [1.807, 2.05) is 18.3 Å². The average Bonchev–Trinajstić information content (AvgIpc) is 3.01. The molecule has 0 saturated heterocycles. The Balaban J connectivity index is 1.66. The van der Waals surface area contributed by atoms with Crippen LogP contribution in [0.4, 0.5) is 5.95 Å². The Morgan fingerprint density at radius 3 is 3.00 bits per heavy atom. The number of nitrogens with zero attached hydrogens (tertiary/aromatic N) is 2. The van der Waals surface area contributed by atoms with Gasteiger partial charge < -0.3 is 10.3 Å². The third kappa shape index (κ3) is 2.98. The van der Waals surface area contributed by atoms with Crippen LogP contribution in [-0.4, -0.2) is 21.0 Å². The molecular weight excluding hydrogens is 320 g/mol. The Labute approximate surface area is 146 Å². The van der Waals surface area contributed by atoms with Crippen molar-refractivity contribution < 1.29 is 0 Å². The lowest BCUT2D eigenvalue weighted by molar-refractivity contribution is 0.357. The second-order valence-corrected chi connectivity index (χ2v) is 7.16. The summed E-state index contributed by atoms with van der Waals surface area (Å²) in [7, 11) is 0. The molecule has 1 aromatic carbocycles. The maximum Gasteiger partial charge on any atom is 0.223 e. The molecule has 0 spiro atoms. The summed E-state index contributed by atoms with van der Waals surface area (Å²) in [5.74, 6) is 1.43. The zero-order chi connectivity index (χ0) is 16.5. The fourth-order valence-electron chi connectivity index (χ4n) is 3.64. The number of anilines is 1. The summed E-state index contributed by atoms with van der Waals surface area (Å²) < 4.78 is 0. The smallest absolute Gasteiger partial charge is 0.223 e. The first-order valence-corrected chi connectivity index (χ1v) is 8.94. The Bertz CT molecular complexity index is 857. The van der Waals surface area contributed by atoms with Crippen LogP contribution in [0.15, 0.2) is 36.7 Å². The van der Waals surface area contributed by atoms with Crippen molar-refractivity contribution >= 4 is 28.5 Å². The van der Waals surface area contributed by atoms with Gasteiger partial charge in [-0.2, -0.15) is 0 Å². The summed E-state index contributed by atoms with van der Waals surface area (Å²) in [5, 5.41) is 5.19. The maximum atomic E-state index is 6.39. The number of aromatic amines is 1. The van der Waals surface area contributed by atoms with Crippen molar-refractivity contribution in [3.05, 3.63) is 41.7 Å². The van der Waals surface area contributed by atoms with Gasteiger partial charge in [-0.1, -0.05) is 49.6 Å². The predicted molar refractivity (Wildman–Crippen MR) is 99.4 cm³/mol. The normalized spacial score (nSPS) is 21.1. The van der Waals surface area contributed by atoms with E-state index in [1.54, 1.807) is 6.20 Å². The summed E-state index contributed by atoms with van der Waals surface area (Å²) in [4.78, 5) is 12.4. The monoisotopic (exact) mass is 340 g/mol. The second kappa shape index (κ2) is 6.44. The van der Waals surface area contributed by atoms with E-state index in [1.165, 1.54) is 25.7 Å². The van der Waals surface area contributed by atoms with Gasteiger partial charge >= 0.3 is 0 Å². The van der Waals surface area contributed by atoms with Gasteiger partial charge in [0, 0.05) is 28.7 Å². The van der Waals surface area contributed by atoms with Gasteiger partial charge in [-0.3, -0.25) is 0 Å². The molecule has 124 valence electrons. The number of hydrogen-bond donors (Lipinski definition) is 2. The zero-order valence-electron chi connectivity index (χ0n) is 13.7. The SMILES string of the molecule is C[C@@H]1CCC[C@@H](Nc2ncc(Cl)c(-c3c[nH]c4ccccc34)n2)C1. The highest BCUT2D eigenvalue weighted by molar-refractivity contribution is 6.33. The van der Waals surface area contributed by atoms with Crippen LogP contribution in [0, 0.1) is 5.92 Å². The van der Waals surface area contributed by atoms with E-state index >= 15 is 0 Å². The molecule has 0 unspecified atom stereocenters. The minimum absolute atomic E-state index is 0.450. The Morgan fingerprint density at radius 2 is 2.12 bits per heavy atom. The van der Waals surface area contributed by atoms with Gasteiger partial charge in [0.05, 0.1) is 16.9 Å². The number of hydrogen-bond acceptors (Lipinski definition) is 3. The highest BCUT2D eigenvalue weighted by Gasteiger charge is 2.20. The first-order chi connectivity index (χ1) is 11.7. The topological polar surface area (TPSA) is 53.6 Å². The number of rotatable bonds is 3. The molecule has 4 rings (SSSR count).